The molecule has 1 aromatic carbocycles. The fraction of sp³-hybridized carbons (Fsp3) is 0.345. The number of likely N-dealkylation sites (tertiary alicyclic amines) is 1. The number of carboxylic acid groups (broad SMARTS) is 1. The Bertz CT molecular complexity index is 1680. The van der Waals surface area contributed by atoms with E-state index < -0.39 is 12.0 Å². The van der Waals surface area contributed by atoms with E-state index in [0.29, 0.717) is 33.6 Å². The Morgan fingerprint density at radius 2 is 2.00 bits per heavy atom. The molecule has 2 N–H and O–H groups in total. The molecule has 12 heteroatoms. The number of piperidine rings is 1. The minimum absolute atomic E-state index is 0.0588. The first kappa shape index (κ1) is 28.3. The summed E-state index contributed by atoms with van der Waals surface area (Å²) in [5.41, 5.74) is 2.58. The number of pyridine rings is 1. The third-order valence-electron chi connectivity index (χ3n) is 7.90. The van der Waals surface area contributed by atoms with Gasteiger partial charge in [0.15, 0.2) is 5.69 Å². The van der Waals surface area contributed by atoms with Crippen molar-refractivity contribution in [2.45, 2.75) is 59.2 Å². The van der Waals surface area contributed by atoms with E-state index >= 15 is 0 Å². The number of anilines is 1. The van der Waals surface area contributed by atoms with Crippen molar-refractivity contribution in [2.75, 3.05) is 5.32 Å². The minimum Gasteiger partial charge on any atom is -0.476 e. The largest absolute Gasteiger partial charge is 0.476 e. The fourth-order valence-electron chi connectivity index (χ4n) is 5.41. The normalized spacial score (nSPS) is 22.0. The molecule has 0 unspecified atom stereocenters. The van der Waals surface area contributed by atoms with Crippen LogP contribution in [0.25, 0.3) is 16.5 Å². The third kappa shape index (κ3) is 5.43. The summed E-state index contributed by atoms with van der Waals surface area (Å²) < 4.78 is 2.00. The van der Waals surface area contributed by atoms with Gasteiger partial charge in [-0.3, -0.25) is 14.3 Å². The number of hydrogen-bond acceptors (Lipinski definition) is 6. The van der Waals surface area contributed by atoms with Crippen LogP contribution in [-0.2, 0) is 16.1 Å². The maximum Gasteiger partial charge on any atom is 0.357 e. The lowest BCUT2D eigenvalue weighted by Gasteiger charge is -2.27. The first-order chi connectivity index (χ1) is 19.4. The molecule has 2 aliphatic rings. The van der Waals surface area contributed by atoms with Crippen LogP contribution in [0, 0.1) is 12.3 Å². The summed E-state index contributed by atoms with van der Waals surface area (Å²) in [6.45, 7) is 10.8. The zero-order chi connectivity index (χ0) is 29.6. The van der Waals surface area contributed by atoms with Gasteiger partial charge in [0, 0.05) is 17.6 Å². The molecule has 2 aromatic heterocycles. The van der Waals surface area contributed by atoms with E-state index in [-0.39, 0.29) is 35.5 Å². The van der Waals surface area contributed by atoms with Crippen LogP contribution in [0.5, 0.6) is 0 Å². The summed E-state index contributed by atoms with van der Waals surface area (Å²) in [4.78, 5) is 53.2. The Balaban J connectivity index is 1.42. The number of halogens is 1. The predicted molar refractivity (Wildman–Crippen MR) is 160 cm³/mol. The van der Waals surface area contributed by atoms with Crippen molar-refractivity contribution in [1.82, 2.24) is 19.7 Å². The number of rotatable bonds is 7. The Morgan fingerprint density at radius 1 is 1.24 bits per heavy atom. The molecule has 212 valence electrons. The Morgan fingerprint density at radius 3 is 2.71 bits per heavy atom. The molecule has 0 bridgehead atoms. The maximum absolute atomic E-state index is 13.7. The number of carboxylic acids is 1. The molecule has 0 spiro atoms. The van der Waals surface area contributed by atoms with E-state index in [0.717, 1.165) is 23.1 Å². The van der Waals surface area contributed by atoms with Gasteiger partial charge in [0.2, 0.25) is 11.8 Å². The highest BCUT2D eigenvalue weighted by atomic mass is 79.9. The van der Waals surface area contributed by atoms with Crippen LogP contribution >= 0.6 is 15.9 Å². The van der Waals surface area contributed by atoms with Crippen LogP contribution in [-0.4, -0.2) is 67.2 Å². The highest BCUT2D eigenvalue weighted by molar-refractivity contribution is 9.10. The van der Waals surface area contributed by atoms with Crippen molar-refractivity contribution in [3.05, 3.63) is 58.0 Å². The molecule has 0 radical (unpaired) electrons. The molecule has 1 saturated heterocycles. The zero-order valence-corrected chi connectivity index (χ0v) is 24.8. The zero-order valence-electron chi connectivity index (χ0n) is 23.2. The van der Waals surface area contributed by atoms with E-state index in [1.165, 1.54) is 4.68 Å². The van der Waals surface area contributed by atoms with Crippen molar-refractivity contribution >= 4 is 68.6 Å². The summed E-state index contributed by atoms with van der Waals surface area (Å²) in [5.74, 6) is -0.845. The van der Waals surface area contributed by atoms with E-state index in [4.69, 9.17) is 0 Å². The number of carbonyl (C=O) groups is 3. The summed E-state index contributed by atoms with van der Waals surface area (Å²) in [6.07, 6.45) is 2.99. The lowest BCUT2D eigenvalue weighted by atomic mass is 10.0. The summed E-state index contributed by atoms with van der Waals surface area (Å²) in [5, 5.41) is 17.4. The third-order valence-corrected chi connectivity index (χ3v) is 8.34. The van der Waals surface area contributed by atoms with Crippen molar-refractivity contribution < 1.29 is 19.5 Å². The topological polar surface area (TPSA) is 142 Å². The molecule has 1 aliphatic heterocycles. The number of aryl methyl sites for hydroxylation is 1. The van der Waals surface area contributed by atoms with Gasteiger partial charge < -0.3 is 15.3 Å². The van der Waals surface area contributed by atoms with Crippen molar-refractivity contribution in [3.63, 3.8) is 0 Å². The van der Waals surface area contributed by atoms with Crippen LogP contribution in [0.4, 0.5) is 5.82 Å². The second-order valence-corrected chi connectivity index (χ2v) is 11.7. The molecule has 5 rings (SSSR count). The van der Waals surface area contributed by atoms with E-state index in [9.17, 15) is 19.5 Å². The van der Waals surface area contributed by atoms with Crippen LogP contribution in [0.3, 0.4) is 0 Å². The number of amidine groups is 1. The first-order valence-corrected chi connectivity index (χ1v) is 13.9. The number of amides is 2. The maximum atomic E-state index is 13.7. The molecule has 1 aliphatic carbocycles. The molecular weight excluding hydrogens is 590 g/mol. The molecule has 11 nitrogen and oxygen atoms in total. The molecule has 2 amide bonds. The molecule has 1 saturated carbocycles. The molecule has 3 atom stereocenters. The van der Waals surface area contributed by atoms with E-state index in [2.05, 4.69) is 55.0 Å². The number of benzene rings is 1. The standard InChI is InChI=1S/C29H30BrN7O4/c1-15-6-9-23(30)33-26(15)34-27(39)21-11-29(4)12-22(29)37(21)24(38)14-36-20-8-7-18(16(2)13-32-17(3)31-5)10-19(20)25(35-36)28(40)41/h6-10,13,21-22H,5,11-12,14H2,1-4H3,(H,40,41)(H,33,34,39)/b16-13+,32-17-/t21-,22+,29-/m0/s1. The van der Waals surface area contributed by atoms with Gasteiger partial charge in [-0.15, -0.1) is 0 Å². The lowest BCUT2D eigenvalue weighted by Crippen LogP contribution is -2.47. The smallest absolute Gasteiger partial charge is 0.357 e. The predicted octanol–water partition coefficient (Wildman–Crippen LogP) is 4.70. The number of aromatic carboxylic acids is 1. The van der Waals surface area contributed by atoms with Crippen molar-refractivity contribution in [3.8, 4) is 0 Å². The van der Waals surface area contributed by atoms with Gasteiger partial charge in [0.1, 0.15) is 28.8 Å². The Kier molecular flexibility index (Phi) is 7.37. The van der Waals surface area contributed by atoms with Crippen LogP contribution < -0.4 is 5.32 Å². The monoisotopic (exact) mass is 619 g/mol. The molecule has 3 heterocycles. The number of aromatic nitrogens is 3. The van der Waals surface area contributed by atoms with Crippen molar-refractivity contribution in [1.29, 1.82) is 0 Å². The quantitative estimate of drug-likeness (QED) is 0.223. The number of carbonyl (C=O) groups excluding carboxylic acids is 2. The van der Waals surface area contributed by atoms with Gasteiger partial charge in [-0.2, -0.15) is 5.10 Å². The number of nitrogens with one attached hydrogen (secondary N) is 1. The average Bonchev–Trinajstić information content (AvgIpc) is 3.30. The number of fused-ring (bicyclic) bond motifs is 2. The second kappa shape index (κ2) is 10.7. The first-order valence-electron chi connectivity index (χ1n) is 13.1. The van der Waals surface area contributed by atoms with Gasteiger partial charge in [-0.05, 0) is 96.6 Å². The Hall–Kier alpha value is -4.19. The highest BCUT2D eigenvalue weighted by Crippen LogP contribution is 2.59. The molecule has 41 heavy (non-hydrogen) atoms. The van der Waals surface area contributed by atoms with Crippen LogP contribution in [0.2, 0.25) is 0 Å². The van der Waals surface area contributed by atoms with Gasteiger partial charge in [-0.25, -0.2) is 19.8 Å². The summed E-state index contributed by atoms with van der Waals surface area (Å²) >= 11 is 3.33. The van der Waals surface area contributed by atoms with E-state index in [1.807, 2.05) is 26.0 Å². The fourth-order valence-corrected chi connectivity index (χ4v) is 5.72. The van der Waals surface area contributed by atoms with Crippen LogP contribution in [0.1, 0.15) is 55.2 Å². The second-order valence-electron chi connectivity index (χ2n) is 10.9. The average molecular weight is 621 g/mol. The SMILES string of the molecule is C=N/C(C)=N\C=C(/C)c1ccc2c(c1)c(C(=O)O)nn2CC(=O)N1[C@H](C(=O)Nc2nc(Br)ccc2C)C[C@@]2(C)C[C@@H]12. The minimum atomic E-state index is -1.20. The van der Waals surface area contributed by atoms with Gasteiger partial charge in [0.05, 0.1) is 5.52 Å². The summed E-state index contributed by atoms with van der Waals surface area (Å²) in [7, 11) is 0. The molecule has 2 fully saturated rings. The number of aliphatic imine (C=N–C) groups is 2. The Labute approximate surface area is 245 Å². The lowest BCUT2D eigenvalue weighted by molar-refractivity contribution is -0.138. The van der Waals surface area contributed by atoms with Crippen molar-refractivity contribution in [2.24, 2.45) is 15.4 Å². The van der Waals surface area contributed by atoms with Gasteiger partial charge in [0.25, 0.3) is 0 Å². The highest BCUT2D eigenvalue weighted by Gasteiger charge is 2.64. The number of nitrogens with zero attached hydrogens (tertiary/aromatic N) is 6. The molecule has 3 aromatic rings. The van der Waals surface area contributed by atoms with E-state index in [1.54, 1.807) is 36.2 Å². The van der Waals surface area contributed by atoms with Crippen LogP contribution in [0.15, 0.2) is 51.1 Å². The number of hydrogen-bond donors (Lipinski definition) is 2. The van der Waals surface area contributed by atoms with Gasteiger partial charge in [-0.1, -0.05) is 19.1 Å². The van der Waals surface area contributed by atoms with Gasteiger partial charge >= 0.3 is 5.97 Å². The molecular formula is C29H30BrN7O4. The number of allylic oxidation sites excluding steroid dienone is 1. The summed E-state index contributed by atoms with van der Waals surface area (Å²) in [6, 6.07) is 8.21.